The minimum atomic E-state index is -0.120. The molecular weight excluding hydrogens is 302 g/mol. The third-order valence-corrected chi connectivity index (χ3v) is 4.04. The lowest BCUT2D eigenvalue weighted by Crippen LogP contribution is -2.39. The third kappa shape index (κ3) is 5.00. The molecule has 1 aromatic rings. The Kier molecular flexibility index (Phi) is 7.91. The maximum atomic E-state index is 12.0. The van der Waals surface area contributed by atoms with Crippen molar-refractivity contribution < 1.29 is 9.59 Å². The summed E-state index contributed by atoms with van der Waals surface area (Å²) in [5.41, 5.74) is 6.31. The van der Waals surface area contributed by atoms with Crippen molar-refractivity contribution in [2.75, 3.05) is 19.6 Å². The van der Waals surface area contributed by atoms with Gasteiger partial charge < -0.3 is 16.4 Å². The normalized spacial score (nSPS) is 20.0. The van der Waals surface area contributed by atoms with Gasteiger partial charge in [-0.3, -0.25) is 9.59 Å². The second kappa shape index (κ2) is 9.43. The molecule has 2 atom stereocenters. The first kappa shape index (κ1) is 18.5. The van der Waals surface area contributed by atoms with Crippen molar-refractivity contribution in [3.63, 3.8) is 0 Å². The first-order valence-electron chi connectivity index (χ1n) is 7.53. The number of nitrogens with one attached hydrogen (secondary N) is 2. The molecule has 0 aliphatic heterocycles. The smallest absolute Gasteiger partial charge is 0.251 e. The van der Waals surface area contributed by atoms with E-state index in [0.717, 1.165) is 19.3 Å². The van der Waals surface area contributed by atoms with E-state index >= 15 is 0 Å². The fourth-order valence-corrected chi connectivity index (χ4v) is 2.85. The van der Waals surface area contributed by atoms with Crippen molar-refractivity contribution in [2.24, 2.45) is 17.6 Å². The molecule has 1 aliphatic carbocycles. The van der Waals surface area contributed by atoms with Crippen molar-refractivity contribution in [1.29, 1.82) is 0 Å². The van der Waals surface area contributed by atoms with Crippen molar-refractivity contribution in [1.82, 2.24) is 10.6 Å². The van der Waals surface area contributed by atoms with Crippen LogP contribution in [0.2, 0.25) is 0 Å². The maximum Gasteiger partial charge on any atom is 0.251 e. The Morgan fingerprint density at radius 2 is 1.77 bits per heavy atom. The van der Waals surface area contributed by atoms with Crippen molar-refractivity contribution >= 4 is 24.2 Å². The van der Waals surface area contributed by atoms with Crippen LogP contribution in [0.25, 0.3) is 0 Å². The van der Waals surface area contributed by atoms with E-state index in [1.807, 2.05) is 18.2 Å². The summed E-state index contributed by atoms with van der Waals surface area (Å²) < 4.78 is 0. The van der Waals surface area contributed by atoms with Gasteiger partial charge in [0.15, 0.2) is 0 Å². The zero-order chi connectivity index (χ0) is 15.1. The average Bonchev–Trinajstić information content (AvgIpc) is 3.00. The second-order valence-corrected chi connectivity index (χ2v) is 5.45. The summed E-state index contributed by atoms with van der Waals surface area (Å²) in [5, 5.41) is 5.68. The monoisotopic (exact) mass is 325 g/mol. The molecule has 1 saturated carbocycles. The predicted octanol–water partition coefficient (Wildman–Crippen LogP) is 1.33. The summed E-state index contributed by atoms with van der Waals surface area (Å²) in [6.45, 7) is 1.45. The molecule has 4 N–H and O–H groups in total. The summed E-state index contributed by atoms with van der Waals surface area (Å²) in [6, 6.07) is 9.04. The molecule has 2 rings (SSSR count). The number of carbonyl (C=O) groups is 2. The number of halogens is 1. The number of hydrogen-bond donors (Lipinski definition) is 3. The first-order chi connectivity index (χ1) is 10.2. The Bertz CT molecular complexity index is 482. The number of hydrogen-bond acceptors (Lipinski definition) is 3. The maximum absolute atomic E-state index is 12.0. The Hall–Kier alpha value is -1.59. The van der Waals surface area contributed by atoms with E-state index in [1.165, 1.54) is 0 Å². The molecule has 1 aliphatic rings. The van der Waals surface area contributed by atoms with E-state index in [4.69, 9.17) is 5.73 Å². The lowest BCUT2D eigenvalue weighted by atomic mass is 9.95. The zero-order valence-electron chi connectivity index (χ0n) is 12.6. The molecule has 0 unspecified atom stereocenters. The lowest BCUT2D eigenvalue weighted by Gasteiger charge is -2.17. The van der Waals surface area contributed by atoms with Crippen LogP contribution in [0.4, 0.5) is 0 Å². The van der Waals surface area contributed by atoms with E-state index in [1.54, 1.807) is 12.1 Å². The van der Waals surface area contributed by atoms with Gasteiger partial charge in [0, 0.05) is 24.6 Å². The van der Waals surface area contributed by atoms with Gasteiger partial charge in [-0.2, -0.15) is 0 Å². The number of nitrogens with two attached hydrogens (primary N) is 1. The van der Waals surface area contributed by atoms with Crippen LogP contribution in [0.3, 0.4) is 0 Å². The predicted molar refractivity (Wildman–Crippen MR) is 88.9 cm³/mol. The van der Waals surface area contributed by atoms with Gasteiger partial charge in [0.05, 0.1) is 0 Å². The van der Waals surface area contributed by atoms with Gasteiger partial charge in [-0.15, -0.1) is 12.4 Å². The fourth-order valence-electron chi connectivity index (χ4n) is 2.85. The summed E-state index contributed by atoms with van der Waals surface area (Å²) in [6.07, 6.45) is 3.04. The molecule has 0 radical (unpaired) electrons. The van der Waals surface area contributed by atoms with Crippen LogP contribution >= 0.6 is 12.4 Å². The van der Waals surface area contributed by atoms with Gasteiger partial charge in [-0.1, -0.05) is 24.6 Å². The van der Waals surface area contributed by atoms with Crippen molar-refractivity contribution in [2.45, 2.75) is 19.3 Å². The van der Waals surface area contributed by atoms with Gasteiger partial charge in [0.25, 0.3) is 5.91 Å². The summed E-state index contributed by atoms with van der Waals surface area (Å²) in [4.78, 5) is 23.9. The second-order valence-electron chi connectivity index (χ2n) is 5.45. The third-order valence-electron chi connectivity index (χ3n) is 4.04. The number of benzene rings is 1. The largest absolute Gasteiger partial charge is 0.354 e. The highest BCUT2D eigenvalue weighted by Crippen LogP contribution is 2.30. The van der Waals surface area contributed by atoms with Crippen LogP contribution in [0.15, 0.2) is 30.3 Å². The van der Waals surface area contributed by atoms with Crippen molar-refractivity contribution in [3.8, 4) is 0 Å². The van der Waals surface area contributed by atoms with E-state index in [2.05, 4.69) is 10.6 Å². The van der Waals surface area contributed by atoms with Crippen LogP contribution in [0.1, 0.15) is 29.6 Å². The molecule has 6 heteroatoms. The van der Waals surface area contributed by atoms with Crippen LogP contribution in [0, 0.1) is 11.8 Å². The molecule has 0 spiro atoms. The molecule has 22 heavy (non-hydrogen) atoms. The minimum absolute atomic E-state index is 0. The van der Waals surface area contributed by atoms with E-state index in [0.29, 0.717) is 31.1 Å². The van der Waals surface area contributed by atoms with Gasteiger partial charge in [0.1, 0.15) is 0 Å². The quantitative estimate of drug-likeness (QED) is 0.690. The van der Waals surface area contributed by atoms with Crippen LogP contribution in [0.5, 0.6) is 0 Å². The van der Waals surface area contributed by atoms with Gasteiger partial charge >= 0.3 is 0 Å². The molecule has 0 bridgehead atoms. The highest BCUT2D eigenvalue weighted by molar-refractivity contribution is 5.94. The number of amides is 2. The highest BCUT2D eigenvalue weighted by Gasteiger charge is 2.31. The summed E-state index contributed by atoms with van der Waals surface area (Å²) in [5.74, 6) is 0.297. The van der Waals surface area contributed by atoms with E-state index < -0.39 is 0 Å². The molecule has 5 nitrogen and oxygen atoms in total. The first-order valence-corrected chi connectivity index (χ1v) is 7.53. The van der Waals surface area contributed by atoms with Gasteiger partial charge in [-0.25, -0.2) is 0 Å². The van der Waals surface area contributed by atoms with Gasteiger partial charge in [0.2, 0.25) is 5.91 Å². The summed E-state index contributed by atoms with van der Waals surface area (Å²) >= 11 is 0. The molecule has 2 amide bonds. The highest BCUT2D eigenvalue weighted by atomic mass is 35.5. The molecule has 0 saturated heterocycles. The lowest BCUT2D eigenvalue weighted by molar-refractivity contribution is -0.125. The van der Waals surface area contributed by atoms with Crippen LogP contribution in [-0.4, -0.2) is 31.4 Å². The zero-order valence-corrected chi connectivity index (χ0v) is 13.4. The van der Waals surface area contributed by atoms with Crippen LogP contribution in [-0.2, 0) is 4.79 Å². The average molecular weight is 326 g/mol. The minimum Gasteiger partial charge on any atom is -0.354 e. The van der Waals surface area contributed by atoms with Gasteiger partial charge in [-0.05, 0) is 37.4 Å². The Labute approximate surface area is 137 Å². The summed E-state index contributed by atoms with van der Waals surface area (Å²) in [7, 11) is 0. The van der Waals surface area contributed by atoms with E-state index in [-0.39, 0.29) is 30.1 Å². The SMILES string of the molecule is Cl.NC[C@H]1CCC[C@H]1C(=O)NCCNC(=O)c1ccccc1. The number of rotatable bonds is 6. The number of carbonyl (C=O) groups excluding carboxylic acids is 2. The Morgan fingerprint density at radius 3 is 2.45 bits per heavy atom. The topological polar surface area (TPSA) is 84.2 Å². The standard InChI is InChI=1S/C16H23N3O2.ClH/c17-11-13-7-4-8-14(13)16(21)19-10-9-18-15(20)12-5-2-1-3-6-12;/h1-3,5-6,13-14H,4,7-11,17H2,(H,18,20)(H,19,21);1H/t13-,14-;/m1./s1. The molecule has 1 fully saturated rings. The fraction of sp³-hybridized carbons (Fsp3) is 0.500. The van der Waals surface area contributed by atoms with E-state index in [9.17, 15) is 9.59 Å². The molecule has 1 aromatic carbocycles. The van der Waals surface area contributed by atoms with Crippen molar-refractivity contribution in [3.05, 3.63) is 35.9 Å². The Morgan fingerprint density at radius 1 is 1.09 bits per heavy atom. The van der Waals surface area contributed by atoms with Crippen LogP contribution < -0.4 is 16.4 Å². The molecule has 0 heterocycles. The molecule has 0 aromatic heterocycles. The molecule has 122 valence electrons. The Balaban J connectivity index is 0.00000242. The molecular formula is C16H24ClN3O2.